The van der Waals surface area contributed by atoms with Gasteiger partial charge in [0.15, 0.2) is 11.5 Å². The number of phenolic OH excluding ortho intramolecular Hbond substituents is 1. The largest absolute Gasteiger partial charge is 0.508 e. The van der Waals surface area contributed by atoms with Crippen molar-refractivity contribution in [1.29, 1.82) is 0 Å². The number of phenols is 1. The van der Waals surface area contributed by atoms with Gasteiger partial charge in [0.05, 0.1) is 17.9 Å². The summed E-state index contributed by atoms with van der Waals surface area (Å²) in [7, 11) is 0. The van der Waals surface area contributed by atoms with Crippen LogP contribution in [-0.2, 0) is 11.3 Å². The molecule has 4 rings (SSSR count). The fourth-order valence-electron chi connectivity index (χ4n) is 3.32. The number of aliphatic hydroxyl groups excluding tert-OH is 1. The maximum Gasteiger partial charge on any atom is 0.290 e. The van der Waals surface area contributed by atoms with Crippen LogP contribution in [0.1, 0.15) is 27.7 Å². The SMILES string of the molecule is O=C(C1=C(O)C(=O)N(Cc2cccnc2)C1c1cccc(O)c1)c1ccco1. The van der Waals surface area contributed by atoms with Crippen molar-refractivity contribution in [1.82, 2.24) is 9.88 Å². The Morgan fingerprint density at radius 1 is 1.14 bits per heavy atom. The van der Waals surface area contributed by atoms with Gasteiger partial charge in [-0.1, -0.05) is 18.2 Å². The quantitative estimate of drug-likeness (QED) is 0.663. The summed E-state index contributed by atoms with van der Waals surface area (Å²) in [5.74, 6) is -1.88. The van der Waals surface area contributed by atoms with E-state index in [1.807, 2.05) is 0 Å². The van der Waals surface area contributed by atoms with Gasteiger partial charge in [-0.05, 0) is 41.5 Å². The van der Waals surface area contributed by atoms with E-state index < -0.39 is 23.5 Å². The number of nitrogens with zero attached hydrogens (tertiary/aromatic N) is 2. The van der Waals surface area contributed by atoms with E-state index in [0.29, 0.717) is 5.56 Å². The first-order valence-corrected chi connectivity index (χ1v) is 8.56. The number of ketones is 1. The highest BCUT2D eigenvalue weighted by Crippen LogP contribution is 2.40. The maximum atomic E-state index is 13.0. The van der Waals surface area contributed by atoms with Gasteiger partial charge >= 0.3 is 0 Å². The van der Waals surface area contributed by atoms with Gasteiger partial charge in [0, 0.05) is 18.9 Å². The maximum absolute atomic E-state index is 13.0. The molecule has 1 atom stereocenters. The van der Waals surface area contributed by atoms with Crippen molar-refractivity contribution >= 4 is 11.7 Å². The lowest BCUT2D eigenvalue weighted by Gasteiger charge is -2.26. The van der Waals surface area contributed by atoms with Crippen molar-refractivity contribution in [3.05, 3.63) is 95.4 Å². The number of furan rings is 1. The van der Waals surface area contributed by atoms with Crippen LogP contribution in [0.3, 0.4) is 0 Å². The Morgan fingerprint density at radius 3 is 2.68 bits per heavy atom. The average Bonchev–Trinajstić information content (AvgIpc) is 3.32. The predicted molar refractivity (Wildman–Crippen MR) is 98.3 cm³/mol. The van der Waals surface area contributed by atoms with E-state index in [1.165, 1.54) is 29.4 Å². The molecule has 0 aliphatic carbocycles. The van der Waals surface area contributed by atoms with Crippen molar-refractivity contribution in [2.75, 3.05) is 0 Å². The highest BCUT2D eigenvalue weighted by molar-refractivity contribution is 6.15. The van der Waals surface area contributed by atoms with Gasteiger partial charge in [0.25, 0.3) is 5.91 Å². The molecule has 1 aliphatic rings. The number of carbonyl (C=O) groups is 2. The number of hydrogen-bond donors (Lipinski definition) is 2. The molecule has 0 saturated heterocycles. The lowest BCUT2D eigenvalue weighted by Crippen LogP contribution is -2.30. The van der Waals surface area contributed by atoms with Crippen LogP contribution in [0.15, 0.2) is 82.9 Å². The number of aromatic hydroxyl groups is 1. The van der Waals surface area contributed by atoms with Crippen LogP contribution in [0, 0.1) is 0 Å². The molecule has 0 fully saturated rings. The molecule has 0 saturated carbocycles. The lowest BCUT2D eigenvalue weighted by atomic mass is 9.94. The molecule has 1 aromatic carbocycles. The Hall–Kier alpha value is -3.87. The van der Waals surface area contributed by atoms with E-state index in [0.717, 1.165) is 5.56 Å². The molecule has 0 radical (unpaired) electrons. The zero-order valence-electron chi connectivity index (χ0n) is 14.6. The van der Waals surface area contributed by atoms with E-state index >= 15 is 0 Å². The van der Waals surface area contributed by atoms with E-state index in [2.05, 4.69) is 4.98 Å². The van der Waals surface area contributed by atoms with Crippen molar-refractivity contribution in [3.63, 3.8) is 0 Å². The third kappa shape index (κ3) is 3.03. The molecule has 7 heteroatoms. The summed E-state index contributed by atoms with van der Waals surface area (Å²) < 4.78 is 5.17. The summed E-state index contributed by atoms with van der Waals surface area (Å²) in [4.78, 5) is 31.2. The molecule has 2 aromatic heterocycles. The molecule has 3 heterocycles. The van der Waals surface area contributed by atoms with Gasteiger partial charge in [-0.2, -0.15) is 0 Å². The molecule has 140 valence electrons. The van der Waals surface area contributed by atoms with E-state index in [1.54, 1.807) is 42.7 Å². The minimum Gasteiger partial charge on any atom is -0.508 e. The van der Waals surface area contributed by atoms with Crippen LogP contribution in [0.2, 0.25) is 0 Å². The van der Waals surface area contributed by atoms with Gasteiger partial charge in [-0.15, -0.1) is 0 Å². The molecule has 0 spiro atoms. The van der Waals surface area contributed by atoms with Crippen molar-refractivity contribution in [2.24, 2.45) is 0 Å². The number of Topliss-reactive ketones (excluding diaryl/α,β-unsaturated/α-hetero) is 1. The molecule has 2 N–H and O–H groups in total. The van der Waals surface area contributed by atoms with Gasteiger partial charge < -0.3 is 19.5 Å². The number of amides is 1. The number of benzene rings is 1. The van der Waals surface area contributed by atoms with Crippen LogP contribution in [0.5, 0.6) is 5.75 Å². The molecule has 1 unspecified atom stereocenters. The molecule has 28 heavy (non-hydrogen) atoms. The predicted octanol–water partition coefficient (Wildman–Crippen LogP) is 3.16. The number of hydrogen-bond acceptors (Lipinski definition) is 6. The molecule has 3 aromatic rings. The van der Waals surface area contributed by atoms with Crippen LogP contribution >= 0.6 is 0 Å². The van der Waals surface area contributed by atoms with Gasteiger partial charge in [-0.3, -0.25) is 14.6 Å². The van der Waals surface area contributed by atoms with Crippen molar-refractivity contribution in [3.8, 4) is 5.75 Å². The normalized spacial score (nSPS) is 16.6. The molecule has 1 amide bonds. The number of carbonyl (C=O) groups excluding carboxylic acids is 2. The number of rotatable bonds is 5. The lowest BCUT2D eigenvalue weighted by molar-refractivity contribution is -0.130. The van der Waals surface area contributed by atoms with Gasteiger partial charge in [0.2, 0.25) is 5.78 Å². The zero-order valence-corrected chi connectivity index (χ0v) is 14.6. The first kappa shape index (κ1) is 17.5. The van der Waals surface area contributed by atoms with E-state index in [4.69, 9.17) is 4.42 Å². The van der Waals surface area contributed by atoms with Crippen molar-refractivity contribution in [2.45, 2.75) is 12.6 Å². The minimum atomic E-state index is -0.877. The highest BCUT2D eigenvalue weighted by Gasteiger charge is 2.44. The standard InChI is InChI=1S/C21H16N2O5/c24-15-6-1-5-14(10-15)18-17(19(25)16-7-3-9-28-16)20(26)21(27)23(18)12-13-4-2-8-22-11-13/h1-11,18,24,26H,12H2. The van der Waals surface area contributed by atoms with Crippen LogP contribution in [0.25, 0.3) is 0 Å². The van der Waals surface area contributed by atoms with Crippen molar-refractivity contribution < 1.29 is 24.2 Å². The Bertz CT molecular complexity index is 1060. The highest BCUT2D eigenvalue weighted by atomic mass is 16.3. The average molecular weight is 376 g/mol. The molecule has 0 bridgehead atoms. The fourth-order valence-corrected chi connectivity index (χ4v) is 3.32. The second-order valence-corrected chi connectivity index (χ2v) is 6.36. The Labute approximate surface area is 160 Å². The molecule has 1 aliphatic heterocycles. The Morgan fingerprint density at radius 2 is 2.00 bits per heavy atom. The van der Waals surface area contributed by atoms with E-state index in [-0.39, 0.29) is 23.6 Å². The first-order chi connectivity index (χ1) is 13.6. The summed E-state index contributed by atoms with van der Waals surface area (Å²) in [5, 5.41) is 20.4. The fraction of sp³-hybridized carbons (Fsp3) is 0.0952. The summed E-state index contributed by atoms with van der Waals surface area (Å²) in [6.07, 6.45) is 4.57. The monoisotopic (exact) mass is 376 g/mol. The molecular weight excluding hydrogens is 360 g/mol. The smallest absolute Gasteiger partial charge is 0.290 e. The molecule has 7 nitrogen and oxygen atoms in total. The summed E-state index contributed by atoms with van der Waals surface area (Å²) in [5.41, 5.74) is 1.14. The third-order valence-corrected chi connectivity index (χ3v) is 4.55. The second-order valence-electron chi connectivity index (χ2n) is 6.36. The minimum absolute atomic E-state index is 0.0116. The topological polar surface area (TPSA) is 104 Å². The summed E-state index contributed by atoms with van der Waals surface area (Å²) in [6, 6.07) is 11.9. The van der Waals surface area contributed by atoms with Crippen LogP contribution in [0.4, 0.5) is 0 Å². The zero-order chi connectivity index (χ0) is 19.7. The number of aromatic nitrogens is 1. The molecular formula is C21H16N2O5. The third-order valence-electron chi connectivity index (χ3n) is 4.55. The number of aliphatic hydroxyl groups is 1. The second kappa shape index (κ2) is 7.03. The Balaban J connectivity index is 1.81. The number of pyridine rings is 1. The van der Waals surface area contributed by atoms with E-state index in [9.17, 15) is 19.8 Å². The summed E-state index contributed by atoms with van der Waals surface area (Å²) in [6.45, 7) is 0.131. The van der Waals surface area contributed by atoms with Crippen LogP contribution < -0.4 is 0 Å². The Kier molecular flexibility index (Phi) is 4.41. The van der Waals surface area contributed by atoms with Crippen LogP contribution in [-0.4, -0.2) is 31.8 Å². The van der Waals surface area contributed by atoms with Gasteiger partial charge in [0.1, 0.15) is 5.75 Å². The first-order valence-electron chi connectivity index (χ1n) is 8.56. The summed E-state index contributed by atoms with van der Waals surface area (Å²) >= 11 is 0. The van der Waals surface area contributed by atoms with Gasteiger partial charge in [-0.25, -0.2) is 0 Å².